The lowest BCUT2D eigenvalue weighted by atomic mass is 10.0. The molecule has 0 aliphatic carbocycles. The van der Waals surface area contributed by atoms with Gasteiger partial charge in [0.1, 0.15) is 11.3 Å². The normalized spacial score (nSPS) is 16.8. The van der Waals surface area contributed by atoms with Crippen molar-refractivity contribution in [2.24, 2.45) is 0 Å². The van der Waals surface area contributed by atoms with Gasteiger partial charge >= 0.3 is 12.1 Å². The van der Waals surface area contributed by atoms with Gasteiger partial charge in [-0.25, -0.2) is 9.59 Å². The van der Waals surface area contributed by atoms with Crippen molar-refractivity contribution in [3.05, 3.63) is 35.9 Å². The average Bonchev–Trinajstić information content (AvgIpc) is 3.19. The van der Waals surface area contributed by atoms with E-state index in [1.54, 1.807) is 12.1 Å². The number of rotatable bonds is 18. The lowest BCUT2D eigenvalue weighted by molar-refractivity contribution is -0.0627. The summed E-state index contributed by atoms with van der Waals surface area (Å²) in [5.74, 6) is -0.217. The molecule has 2 rings (SSSR count). The Morgan fingerprint density at radius 1 is 0.821 bits per heavy atom. The SMILES string of the molecule is CC(C)(C)OC(=O)N1[C@@H](CCCCCCCCCCCCCCCCOC(=O)c2ccccc2)COC1(C)C. The van der Waals surface area contributed by atoms with Crippen molar-refractivity contribution in [1.82, 2.24) is 4.90 Å². The van der Waals surface area contributed by atoms with Crippen LogP contribution in [0.25, 0.3) is 0 Å². The Morgan fingerprint density at radius 2 is 1.31 bits per heavy atom. The average molecular weight is 546 g/mol. The highest BCUT2D eigenvalue weighted by atomic mass is 16.6. The summed E-state index contributed by atoms with van der Waals surface area (Å²) in [6.07, 6.45) is 18.2. The third-order valence-corrected chi connectivity index (χ3v) is 7.34. The van der Waals surface area contributed by atoms with Crippen LogP contribution in [0.2, 0.25) is 0 Å². The summed E-state index contributed by atoms with van der Waals surface area (Å²) in [6.45, 7) is 10.7. The van der Waals surface area contributed by atoms with Crippen LogP contribution in [-0.4, -0.2) is 47.5 Å². The van der Waals surface area contributed by atoms with E-state index in [1.165, 1.54) is 70.6 Å². The number of unbranched alkanes of at least 4 members (excludes halogenated alkanes) is 13. The number of ether oxygens (including phenoxy) is 3. The Kier molecular flexibility index (Phi) is 14.9. The van der Waals surface area contributed by atoms with Gasteiger partial charge in [-0.1, -0.05) is 102 Å². The smallest absolute Gasteiger partial charge is 0.412 e. The summed E-state index contributed by atoms with van der Waals surface area (Å²) >= 11 is 0. The van der Waals surface area contributed by atoms with Crippen LogP contribution in [0, 0.1) is 0 Å². The van der Waals surface area contributed by atoms with Crippen molar-refractivity contribution in [3.63, 3.8) is 0 Å². The van der Waals surface area contributed by atoms with E-state index in [1.807, 2.05) is 57.7 Å². The van der Waals surface area contributed by atoms with Crippen LogP contribution in [0.3, 0.4) is 0 Å². The van der Waals surface area contributed by atoms with Gasteiger partial charge in [0.15, 0.2) is 0 Å². The molecule has 1 fully saturated rings. The van der Waals surface area contributed by atoms with Crippen molar-refractivity contribution < 1.29 is 23.8 Å². The molecule has 1 aliphatic rings. The third kappa shape index (κ3) is 13.7. The van der Waals surface area contributed by atoms with Crippen molar-refractivity contribution in [3.8, 4) is 0 Å². The largest absolute Gasteiger partial charge is 0.462 e. The van der Waals surface area contributed by atoms with Crippen LogP contribution in [0.15, 0.2) is 30.3 Å². The van der Waals surface area contributed by atoms with E-state index < -0.39 is 11.3 Å². The highest BCUT2D eigenvalue weighted by molar-refractivity contribution is 5.89. The quantitative estimate of drug-likeness (QED) is 0.136. The second-order valence-corrected chi connectivity index (χ2v) is 12.5. The number of esters is 1. The number of hydrogen-bond acceptors (Lipinski definition) is 5. The number of amides is 1. The Bertz CT molecular complexity index is 817. The molecule has 0 radical (unpaired) electrons. The van der Waals surface area contributed by atoms with E-state index in [2.05, 4.69) is 0 Å². The maximum atomic E-state index is 12.7. The van der Waals surface area contributed by atoms with Crippen molar-refractivity contribution in [1.29, 1.82) is 0 Å². The van der Waals surface area contributed by atoms with Gasteiger partial charge in [-0.15, -0.1) is 0 Å². The van der Waals surface area contributed by atoms with E-state index >= 15 is 0 Å². The molecule has 1 amide bonds. The molecule has 0 N–H and O–H groups in total. The fraction of sp³-hybridized carbons (Fsp3) is 0.758. The molecule has 0 bridgehead atoms. The van der Waals surface area contributed by atoms with E-state index in [0.29, 0.717) is 18.8 Å². The van der Waals surface area contributed by atoms with Gasteiger partial charge in [-0.3, -0.25) is 4.90 Å². The molecular weight excluding hydrogens is 490 g/mol. The molecule has 1 atom stereocenters. The second-order valence-electron chi connectivity index (χ2n) is 12.5. The van der Waals surface area contributed by atoms with Gasteiger partial charge in [0.25, 0.3) is 0 Å². The van der Waals surface area contributed by atoms with Crippen LogP contribution in [0.1, 0.15) is 141 Å². The van der Waals surface area contributed by atoms with Crippen LogP contribution in [0.5, 0.6) is 0 Å². The fourth-order valence-electron chi connectivity index (χ4n) is 5.20. The predicted molar refractivity (Wildman–Crippen MR) is 158 cm³/mol. The monoisotopic (exact) mass is 545 g/mol. The molecule has 1 aliphatic heterocycles. The number of hydrogen-bond donors (Lipinski definition) is 0. The predicted octanol–water partition coefficient (Wildman–Crippen LogP) is 9.07. The Labute approximate surface area is 238 Å². The van der Waals surface area contributed by atoms with Gasteiger partial charge in [0.05, 0.1) is 24.8 Å². The van der Waals surface area contributed by atoms with Gasteiger partial charge in [0, 0.05) is 0 Å². The second kappa shape index (κ2) is 17.6. The van der Waals surface area contributed by atoms with Gasteiger partial charge < -0.3 is 14.2 Å². The molecule has 0 aromatic heterocycles. The first-order valence-electron chi connectivity index (χ1n) is 15.5. The zero-order valence-corrected chi connectivity index (χ0v) is 25.5. The molecule has 6 heteroatoms. The maximum absolute atomic E-state index is 12.7. The minimum absolute atomic E-state index is 0.104. The molecule has 1 aromatic rings. The third-order valence-electron chi connectivity index (χ3n) is 7.34. The Morgan fingerprint density at radius 3 is 1.82 bits per heavy atom. The minimum Gasteiger partial charge on any atom is -0.462 e. The first-order chi connectivity index (χ1) is 18.6. The molecule has 0 saturated carbocycles. The summed E-state index contributed by atoms with van der Waals surface area (Å²) in [6, 6.07) is 9.30. The van der Waals surface area contributed by atoms with Crippen LogP contribution in [0.4, 0.5) is 4.79 Å². The first-order valence-corrected chi connectivity index (χ1v) is 15.5. The Hall–Kier alpha value is -2.08. The topological polar surface area (TPSA) is 65.1 Å². The lowest BCUT2D eigenvalue weighted by Gasteiger charge is -2.35. The van der Waals surface area contributed by atoms with Crippen molar-refractivity contribution in [2.45, 2.75) is 148 Å². The van der Waals surface area contributed by atoms with E-state index in [-0.39, 0.29) is 18.1 Å². The summed E-state index contributed by atoms with van der Waals surface area (Å²) in [4.78, 5) is 26.4. The maximum Gasteiger partial charge on any atom is 0.412 e. The summed E-state index contributed by atoms with van der Waals surface area (Å²) < 4.78 is 16.9. The summed E-state index contributed by atoms with van der Waals surface area (Å²) in [7, 11) is 0. The zero-order chi connectivity index (χ0) is 28.6. The van der Waals surface area contributed by atoms with Crippen LogP contribution < -0.4 is 0 Å². The molecule has 39 heavy (non-hydrogen) atoms. The number of carbonyl (C=O) groups is 2. The minimum atomic E-state index is -0.605. The van der Waals surface area contributed by atoms with Gasteiger partial charge in [-0.2, -0.15) is 0 Å². The van der Waals surface area contributed by atoms with E-state index in [4.69, 9.17) is 14.2 Å². The molecule has 222 valence electrons. The standard InChI is InChI=1S/C33H55NO5/c1-32(2,3)39-31(36)34-29(27-38-33(34,4)5)25-21-16-14-12-10-8-6-7-9-11-13-15-17-22-26-37-30(35)28-23-19-18-20-24-28/h18-20,23-24,29H,6-17,21-22,25-27H2,1-5H3/t29-/m0/s1. The molecule has 1 aromatic carbocycles. The molecule has 1 heterocycles. The lowest BCUT2D eigenvalue weighted by Crippen LogP contribution is -2.49. The zero-order valence-electron chi connectivity index (χ0n) is 25.5. The highest BCUT2D eigenvalue weighted by Gasteiger charge is 2.45. The number of carbonyl (C=O) groups excluding carboxylic acids is 2. The van der Waals surface area contributed by atoms with Crippen molar-refractivity contribution >= 4 is 12.1 Å². The van der Waals surface area contributed by atoms with Crippen LogP contribution >= 0.6 is 0 Å². The van der Waals surface area contributed by atoms with E-state index in [9.17, 15) is 9.59 Å². The summed E-state index contributed by atoms with van der Waals surface area (Å²) in [5, 5.41) is 0. The fourth-order valence-corrected chi connectivity index (χ4v) is 5.20. The van der Waals surface area contributed by atoms with Crippen molar-refractivity contribution in [2.75, 3.05) is 13.2 Å². The first kappa shape index (κ1) is 33.1. The molecular formula is C33H55NO5. The van der Waals surface area contributed by atoms with Gasteiger partial charge in [-0.05, 0) is 59.6 Å². The molecule has 0 unspecified atom stereocenters. The molecule has 1 saturated heterocycles. The summed E-state index contributed by atoms with van der Waals surface area (Å²) in [5.41, 5.74) is -0.473. The highest BCUT2D eigenvalue weighted by Crippen LogP contribution is 2.31. The van der Waals surface area contributed by atoms with Crippen LogP contribution in [-0.2, 0) is 14.2 Å². The number of benzene rings is 1. The van der Waals surface area contributed by atoms with E-state index in [0.717, 1.165) is 25.7 Å². The molecule has 6 nitrogen and oxygen atoms in total. The molecule has 0 spiro atoms. The number of nitrogens with zero attached hydrogens (tertiary/aromatic N) is 1. The van der Waals surface area contributed by atoms with Gasteiger partial charge in [0.2, 0.25) is 0 Å². The Balaban J connectivity index is 1.37.